The highest BCUT2D eigenvalue weighted by atomic mass is 16.2. The van der Waals surface area contributed by atoms with Gasteiger partial charge in [0.2, 0.25) is 5.78 Å². The topological polar surface area (TPSA) is 60.9 Å². The van der Waals surface area contributed by atoms with Crippen LogP contribution in [0.3, 0.4) is 0 Å². The summed E-state index contributed by atoms with van der Waals surface area (Å²) < 4.78 is 0. The van der Waals surface area contributed by atoms with Crippen molar-refractivity contribution < 1.29 is 14.4 Å². The van der Waals surface area contributed by atoms with Gasteiger partial charge in [-0.25, -0.2) is 0 Å². The van der Waals surface area contributed by atoms with Gasteiger partial charge in [-0.1, -0.05) is 50.3 Å². The van der Waals surface area contributed by atoms with Gasteiger partial charge in [0.15, 0.2) is 0 Å². The van der Waals surface area contributed by atoms with E-state index in [-0.39, 0.29) is 12.3 Å². The number of nitrogens with zero attached hydrogens (tertiary/aromatic N) is 3. The number of carbonyl (C=O) groups excluding carboxylic acids is 3. The van der Waals surface area contributed by atoms with Crippen molar-refractivity contribution in [1.82, 2.24) is 9.80 Å². The van der Waals surface area contributed by atoms with E-state index in [0.29, 0.717) is 19.0 Å². The number of fused-ring (bicyclic) bond motifs is 1. The van der Waals surface area contributed by atoms with Crippen molar-refractivity contribution in [2.45, 2.75) is 83.1 Å². The van der Waals surface area contributed by atoms with Crippen molar-refractivity contribution in [3.05, 3.63) is 41.1 Å². The number of amides is 2. The van der Waals surface area contributed by atoms with Crippen LogP contribution in [0.2, 0.25) is 0 Å². The molecule has 3 aliphatic heterocycles. The highest BCUT2D eigenvalue weighted by Crippen LogP contribution is 2.35. The molecule has 0 N–H and O–H groups in total. The Hall–Kier alpha value is -2.47. The first-order chi connectivity index (χ1) is 16.6. The summed E-state index contributed by atoms with van der Waals surface area (Å²) in [5.74, 6) is -0.816. The van der Waals surface area contributed by atoms with Crippen molar-refractivity contribution in [1.29, 1.82) is 0 Å². The Morgan fingerprint density at radius 3 is 2.26 bits per heavy atom. The molecule has 182 valence electrons. The highest BCUT2D eigenvalue weighted by Gasteiger charge is 2.39. The van der Waals surface area contributed by atoms with Crippen molar-refractivity contribution >= 4 is 23.3 Å². The Labute approximate surface area is 203 Å². The van der Waals surface area contributed by atoms with E-state index in [0.717, 1.165) is 61.4 Å². The molecule has 3 heterocycles. The van der Waals surface area contributed by atoms with E-state index in [4.69, 9.17) is 0 Å². The van der Waals surface area contributed by atoms with E-state index in [1.54, 1.807) is 4.90 Å². The lowest BCUT2D eigenvalue weighted by molar-refractivity contribution is -0.136. The molecular weight excluding hydrogens is 426 g/mol. The first-order valence-corrected chi connectivity index (χ1v) is 13.3. The molecule has 6 heteroatoms. The molecule has 1 saturated carbocycles. The molecule has 0 spiro atoms. The third kappa shape index (κ3) is 4.70. The zero-order chi connectivity index (χ0) is 23.5. The van der Waals surface area contributed by atoms with E-state index < -0.39 is 11.7 Å². The average Bonchev–Trinajstić information content (AvgIpc) is 2.85. The monoisotopic (exact) mass is 463 g/mol. The molecular formula is C28H37N3O3. The number of para-hydroxylation sites is 1. The Morgan fingerprint density at radius 1 is 0.824 bits per heavy atom. The van der Waals surface area contributed by atoms with Crippen molar-refractivity contribution in [3.8, 4) is 0 Å². The summed E-state index contributed by atoms with van der Waals surface area (Å²) in [7, 11) is 0. The molecule has 0 bridgehead atoms. The van der Waals surface area contributed by atoms with Gasteiger partial charge in [-0.05, 0) is 43.7 Å². The maximum absolute atomic E-state index is 13.9. The summed E-state index contributed by atoms with van der Waals surface area (Å²) in [4.78, 5) is 45.8. The van der Waals surface area contributed by atoms with Crippen LogP contribution in [0.25, 0.3) is 0 Å². The van der Waals surface area contributed by atoms with E-state index in [9.17, 15) is 14.4 Å². The standard InChI is InChI=1S/C28H37N3O3/c32-26-19-21-11-7-8-14-24(21)31(28(26)34)25-15-18-30(22-12-5-2-1-3-6-13-22)20-23(25)27(33)29-16-9-4-10-17-29/h7-8,11,14,22H,1-6,9-10,12-13,15-20H2. The largest absolute Gasteiger partial charge is 0.339 e. The number of piperidine rings is 1. The second kappa shape index (κ2) is 10.4. The summed E-state index contributed by atoms with van der Waals surface area (Å²) in [6.07, 6.45) is 12.8. The fourth-order valence-corrected chi connectivity index (χ4v) is 6.24. The second-order valence-corrected chi connectivity index (χ2v) is 10.4. The van der Waals surface area contributed by atoms with Gasteiger partial charge in [0.25, 0.3) is 11.8 Å². The zero-order valence-corrected chi connectivity index (χ0v) is 20.3. The quantitative estimate of drug-likeness (QED) is 0.630. The van der Waals surface area contributed by atoms with Crippen LogP contribution in [0.1, 0.15) is 76.2 Å². The summed E-state index contributed by atoms with van der Waals surface area (Å²) in [6, 6.07) is 8.15. The number of likely N-dealkylation sites (tertiary alicyclic amines) is 1. The minimum atomic E-state index is -0.489. The predicted octanol–water partition coefficient (Wildman–Crippen LogP) is 4.23. The second-order valence-electron chi connectivity index (χ2n) is 10.4. The number of hydrogen-bond acceptors (Lipinski definition) is 4. The van der Waals surface area contributed by atoms with E-state index >= 15 is 0 Å². The number of hydrogen-bond donors (Lipinski definition) is 0. The van der Waals surface area contributed by atoms with E-state index in [1.165, 1.54) is 44.9 Å². The number of rotatable bonds is 3. The first kappa shape index (κ1) is 23.3. The van der Waals surface area contributed by atoms with Gasteiger partial charge < -0.3 is 4.90 Å². The van der Waals surface area contributed by atoms with Crippen LogP contribution in [-0.4, -0.2) is 59.6 Å². The fourth-order valence-electron chi connectivity index (χ4n) is 6.24. The first-order valence-electron chi connectivity index (χ1n) is 13.3. The minimum Gasteiger partial charge on any atom is -0.339 e. The lowest BCUT2D eigenvalue weighted by Gasteiger charge is -2.41. The van der Waals surface area contributed by atoms with Gasteiger partial charge >= 0.3 is 0 Å². The number of ketones is 1. The van der Waals surface area contributed by atoms with Gasteiger partial charge in [-0.3, -0.25) is 24.2 Å². The van der Waals surface area contributed by atoms with Gasteiger partial charge in [-0.2, -0.15) is 0 Å². The van der Waals surface area contributed by atoms with Crippen LogP contribution < -0.4 is 4.90 Å². The Bertz CT molecular complexity index is 971. The van der Waals surface area contributed by atoms with Crippen LogP contribution in [0, 0.1) is 0 Å². The molecule has 0 aromatic heterocycles. The van der Waals surface area contributed by atoms with Gasteiger partial charge in [0, 0.05) is 50.8 Å². The molecule has 5 rings (SSSR count). The molecule has 0 unspecified atom stereocenters. The molecule has 1 aromatic carbocycles. The Balaban J connectivity index is 1.51. The summed E-state index contributed by atoms with van der Waals surface area (Å²) in [5.41, 5.74) is 3.12. The summed E-state index contributed by atoms with van der Waals surface area (Å²) in [5, 5.41) is 0. The molecule has 1 aliphatic carbocycles. The smallest absolute Gasteiger partial charge is 0.299 e. The lowest BCUT2D eigenvalue weighted by Crippen LogP contribution is -2.50. The molecule has 2 amide bonds. The molecule has 4 aliphatic rings. The average molecular weight is 464 g/mol. The van der Waals surface area contributed by atoms with Crippen LogP contribution in [0.15, 0.2) is 35.5 Å². The van der Waals surface area contributed by atoms with Crippen molar-refractivity contribution in [3.63, 3.8) is 0 Å². The molecule has 34 heavy (non-hydrogen) atoms. The molecule has 2 fully saturated rings. The zero-order valence-electron chi connectivity index (χ0n) is 20.3. The fraction of sp³-hybridized carbons (Fsp3) is 0.607. The minimum absolute atomic E-state index is 0.0635. The van der Waals surface area contributed by atoms with Crippen LogP contribution >= 0.6 is 0 Å². The summed E-state index contributed by atoms with van der Waals surface area (Å²) in [6.45, 7) is 2.97. The lowest BCUT2D eigenvalue weighted by atomic mass is 9.92. The molecule has 6 nitrogen and oxygen atoms in total. The Kier molecular flexibility index (Phi) is 7.14. The molecule has 0 radical (unpaired) electrons. The number of anilines is 1. The van der Waals surface area contributed by atoms with Crippen molar-refractivity contribution in [2.24, 2.45) is 0 Å². The number of carbonyl (C=O) groups is 3. The Morgan fingerprint density at radius 2 is 1.50 bits per heavy atom. The normalized spacial score (nSPS) is 23.5. The maximum Gasteiger partial charge on any atom is 0.299 e. The predicted molar refractivity (Wildman–Crippen MR) is 132 cm³/mol. The highest BCUT2D eigenvalue weighted by molar-refractivity contribution is 6.44. The maximum atomic E-state index is 13.9. The van der Waals surface area contributed by atoms with E-state index in [1.807, 2.05) is 29.2 Å². The third-order valence-corrected chi connectivity index (χ3v) is 8.13. The van der Waals surface area contributed by atoms with Crippen LogP contribution in [0.5, 0.6) is 0 Å². The van der Waals surface area contributed by atoms with Gasteiger partial charge in [0.1, 0.15) is 0 Å². The van der Waals surface area contributed by atoms with Gasteiger partial charge in [0.05, 0.1) is 11.3 Å². The van der Waals surface area contributed by atoms with Crippen LogP contribution in [0.4, 0.5) is 5.69 Å². The third-order valence-electron chi connectivity index (χ3n) is 8.13. The molecule has 0 atom stereocenters. The van der Waals surface area contributed by atoms with E-state index in [2.05, 4.69) is 4.90 Å². The molecule has 1 saturated heterocycles. The number of benzene rings is 1. The van der Waals surface area contributed by atoms with Crippen molar-refractivity contribution in [2.75, 3.05) is 31.1 Å². The molecule has 1 aromatic rings. The van der Waals surface area contributed by atoms with Gasteiger partial charge in [-0.15, -0.1) is 0 Å². The van der Waals surface area contributed by atoms with Crippen LogP contribution in [-0.2, 0) is 20.8 Å². The number of Topliss-reactive ketones (excluding diaryl/α,β-unsaturated/α-hetero) is 1. The summed E-state index contributed by atoms with van der Waals surface area (Å²) >= 11 is 0. The SMILES string of the molecule is O=C1Cc2ccccc2N(C2=C(C(=O)N3CCCCC3)CN(C3CCCCCCC3)CC2)C1=O.